The van der Waals surface area contributed by atoms with Gasteiger partial charge in [-0.05, 0) is 51.4 Å². The van der Waals surface area contributed by atoms with Gasteiger partial charge in [0.2, 0.25) is 0 Å². The second-order valence-corrected chi connectivity index (χ2v) is 5.80. The van der Waals surface area contributed by atoms with Crippen molar-refractivity contribution in [2.45, 2.75) is 53.4 Å². The second kappa shape index (κ2) is 11.4. The van der Waals surface area contributed by atoms with Gasteiger partial charge < -0.3 is 0 Å². The zero-order valence-electron chi connectivity index (χ0n) is 13.3. The first-order valence-electron chi connectivity index (χ1n) is 7.65. The van der Waals surface area contributed by atoms with Gasteiger partial charge in [0.25, 0.3) is 0 Å². The summed E-state index contributed by atoms with van der Waals surface area (Å²) in [6.45, 7) is 9.68. The summed E-state index contributed by atoms with van der Waals surface area (Å²) in [5.41, 5.74) is 0. The predicted molar refractivity (Wildman–Crippen MR) is 80.9 cm³/mol. The molecule has 0 fully saturated rings. The Kier molecular flexibility index (Phi) is 10.6. The average molecular weight is 276 g/mol. The minimum absolute atomic E-state index is 0.121. The molecule has 0 aliphatic carbocycles. The number of rotatable bonds is 10. The molecule has 0 aromatic heterocycles. The van der Waals surface area contributed by atoms with E-state index >= 15 is 0 Å². The van der Waals surface area contributed by atoms with E-state index < -0.39 is 0 Å². The zero-order chi connectivity index (χ0) is 15.4. The van der Waals surface area contributed by atoms with Gasteiger partial charge in [0.05, 0.1) is 25.2 Å². The van der Waals surface area contributed by atoms with Gasteiger partial charge in [-0.15, -0.1) is 0 Å². The minimum Gasteiger partial charge on any atom is -0.198 e. The molecule has 0 N–H and O–H groups in total. The van der Waals surface area contributed by atoms with Crippen LogP contribution in [0.4, 0.5) is 0 Å². The molecule has 0 amide bonds. The molecule has 0 aliphatic rings. The van der Waals surface area contributed by atoms with Crippen molar-refractivity contribution in [3.8, 4) is 12.1 Å². The first-order chi connectivity index (χ1) is 9.52. The average Bonchev–Trinajstić information content (AvgIpc) is 2.47. The Morgan fingerprint density at radius 2 is 1.10 bits per heavy atom. The van der Waals surface area contributed by atoms with E-state index in [2.05, 4.69) is 36.2 Å². The van der Waals surface area contributed by atoms with Gasteiger partial charge in [0.15, 0.2) is 0 Å². The highest BCUT2D eigenvalue weighted by Crippen LogP contribution is 2.16. The molecule has 0 aromatic rings. The van der Waals surface area contributed by atoms with Gasteiger partial charge in [-0.2, -0.15) is 20.8 Å². The number of hydrogen-bond donors (Lipinski definition) is 0. The molecular formula is C16H28N4. The summed E-state index contributed by atoms with van der Waals surface area (Å²) in [6.07, 6.45) is 4.06. The lowest BCUT2D eigenvalue weighted by Gasteiger charge is -2.12. The fourth-order valence-corrected chi connectivity index (χ4v) is 1.86. The largest absolute Gasteiger partial charge is 0.198 e. The summed E-state index contributed by atoms with van der Waals surface area (Å²) in [4.78, 5) is 0. The van der Waals surface area contributed by atoms with Gasteiger partial charge in [-0.1, -0.05) is 13.8 Å². The molecule has 0 saturated heterocycles. The lowest BCUT2D eigenvalue weighted by molar-refractivity contribution is 0.419. The number of nitrogens with zero attached hydrogens (tertiary/aromatic N) is 4. The molecule has 4 unspecified atom stereocenters. The van der Waals surface area contributed by atoms with Crippen LogP contribution >= 0.6 is 0 Å². The standard InChI is InChI=1S/C16H28N4/c1-13(15(3)11-17)7-5-9-19-20-10-6-8-14(2)16(4)12-18/h13-16H,5-10H2,1-4H3. The van der Waals surface area contributed by atoms with Crippen LogP contribution in [-0.4, -0.2) is 13.1 Å². The van der Waals surface area contributed by atoms with E-state index in [1.54, 1.807) is 0 Å². The Bertz CT molecular complexity index is 316. The first-order valence-corrected chi connectivity index (χ1v) is 7.65. The van der Waals surface area contributed by atoms with Crippen molar-refractivity contribution >= 4 is 0 Å². The van der Waals surface area contributed by atoms with Crippen molar-refractivity contribution in [2.24, 2.45) is 33.9 Å². The molecule has 112 valence electrons. The Morgan fingerprint density at radius 1 is 0.750 bits per heavy atom. The van der Waals surface area contributed by atoms with Crippen LogP contribution < -0.4 is 0 Å². The zero-order valence-corrected chi connectivity index (χ0v) is 13.3. The number of nitriles is 2. The van der Waals surface area contributed by atoms with Crippen molar-refractivity contribution in [1.29, 1.82) is 10.5 Å². The molecule has 0 aromatic carbocycles. The molecule has 4 nitrogen and oxygen atoms in total. The third kappa shape index (κ3) is 8.64. The molecule has 0 spiro atoms. The molecular weight excluding hydrogens is 248 g/mol. The molecule has 0 saturated carbocycles. The molecule has 0 aliphatic heterocycles. The Balaban J connectivity index is 3.55. The Hall–Kier alpha value is -1.42. The van der Waals surface area contributed by atoms with E-state index in [1.807, 2.05) is 13.8 Å². The van der Waals surface area contributed by atoms with Crippen molar-refractivity contribution in [3.63, 3.8) is 0 Å². The van der Waals surface area contributed by atoms with Crippen LogP contribution in [0, 0.1) is 46.3 Å². The highest BCUT2D eigenvalue weighted by molar-refractivity contribution is 4.83. The molecule has 4 atom stereocenters. The van der Waals surface area contributed by atoms with Crippen LogP contribution in [0.3, 0.4) is 0 Å². The first kappa shape index (κ1) is 18.6. The van der Waals surface area contributed by atoms with E-state index in [9.17, 15) is 0 Å². The second-order valence-electron chi connectivity index (χ2n) is 5.80. The van der Waals surface area contributed by atoms with Crippen LogP contribution in [0.2, 0.25) is 0 Å². The van der Waals surface area contributed by atoms with E-state index in [0.717, 1.165) is 38.8 Å². The Labute approximate surface area is 123 Å². The van der Waals surface area contributed by atoms with Crippen LogP contribution in [0.15, 0.2) is 10.2 Å². The van der Waals surface area contributed by atoms with Gasteiger partial charge in [0.1, 0.15) is 0 Å². The topological polar surface area (TPSA) is 72.3 Å². The SMILES string of the molecule is CC(C#N)C(C)CCCN=NCCCC(C)C(C)C#N. The number of hydrogen-bond acceptors (Lipinski definition) is 4. The lowest BCUT2D eigenvalue weighted by atomic mass is 9.93. The van der Waals surface area contributed by atoms with E-state index in [1.165, 1.54) is 0 Å². The summed E-state index contributed by atoms with van der Waals surface area (Å²) in [5, 5.41) is 25.9. The summed E-state index contributed by atoms with van der Waals surface area (Å²) in [6, 6.07) is 4.56. The predicted octanol–water partition coefficient (Wildman–Crippen LogP) is 4.59. The molecule has 0 rings (SSSR count). The third-order valence-electron chi connectivity index (χ3n) is 4.05. The Morgan fingerprint density at radius 3 is 1.40 bits per heavy atom. The van der Waals surface area contributed by atoms with Crippen molar-refractivity contribution < 1.29 is 0 Å². The number of azo groups is 1. The fraction of sp³-hybridized carbons (Fsp3) is 0.875. The van der Waals surface area contributed by atoms with Crippen molar-refractivity contribution in [3.05, 3.63) is 0 Å². The highest BCUT2D eigenvalue weighted by Gasteiger charge is 2.10. The lowest BCUT2D eigenvalue weighted by Crippen LogP contribution is -2.06. The fourth-order valence-electron chi connectivity index (χ4n) is 1.86. The normalized spacial score (nSPS) is 17.1. The van der Waals surface area contributed by atoms with Crippen molar-refractivity contribution in [1.82, 2.24) is 0 Å². The summed E-state index contributed by atoms with van der Waals surface area (Å²) in [7, 11) is 0. The molecule has 0 radical (unpaired) electrons. The molecule has 0 bridgehead atoms. The van der Waals surface area contributed by atoms with Gasteiger partial charge >= 0.3 is 0 Å². The monoisotopic (exact) mass is 276 g/mol. The smallest absolute Gasteiger partial charge is 0.0655 e. The maximum atomic E-state index is 8.79. The summed E-state index contributed by atoms with van der Waals surface area (Å²) in [5.74, 6) is 1.11. The van der Waals surface area contributed by atoms with E-state index in [4.69, 9.17) is 10.5 Å². The molecule has 20 heavy (non-hydrogen) atoms. The molecule has 4 heteroatoms. The van der Waals surface area contributed by atoms with Gasteiger partial charge in [-0.3, -0.25) is 0 Å². The third-order valence-corrected chi connectivity index (χ3v) is 4.05. The molecule has 0 heterocycles. The quantitative estimate of drug-likeness (QED) is 0.432. The maximum Gasteiger partial charge on any atom is 0.0655 e. The van der Waals surface area contributed by atoms with Gasteiger partial charge in [-0.25, -0.2) is 0 Å². The van der Waals surface area contributed by atoms with Crippen LogP contribution in [0.5, 0.6) is 0 Å². The van der Waals surface area contributed by atoms with Crippen LogP contribution in [0.1, 0.15) is 53.4 Å². The minimum atomic E-state index is 0.121. The van der Waals surface area contributed by atoms with Crippen molar-refractivity contribution in [2.75, 3.05) is 13.1 Å². The van der Waals surface area contributed by atoms with E-state index in [0.29, 0.717) is 11.8 Å². The van der Waals surface area contributed by atoms with Crippen LogP contribution in [-0.2, 0) is 0 Å². The van der Waals surface area contributed by atoms with E-state index in [-0.39, 0.29) is 11.8 Å². The highest BCUT2D eigenvalue weighted by atomic mass is 15.1. The summed E-state index contributed by atoms with van der Waals surface area (Å²) >= 11 is 0. The maximum absolute atomic E-state index is 8.79. The van der Waals surface area contributed by atoms with Gasteiger partial charge in [0, 0.05) is 11.8 Å². The summed E-state index contributed by atoms with van der Waals surface area (Å²) < 4.78 is 0. The van der Waals surface area contributed by atoms with Crippen LogP contribution in [0.25, 0.3) is 0 Å².